The third-order valence-electron chi connectivity index (χ3n) is 3.70. The van der Waals surface area contributed by atoms with E-state index in [2.05, 4.69) is 20.8 Å². The summed E-state index contributed by atoms with van der Waals surface area (Å²) in [6.45, 7) is 7.61. The van der Waals surface area contributed by atoms with Gasteiger partial charge in [-0.2, -0.15) is 0 Å². The van der Waals surface area contributed by atoms with Crippen molar-refractivity contribution in [1.29, 1.82) is 0 Å². The Morgan fingerprint density at radius 3 is 2.27 bits per heavy atom. The maximum atomic E-state index is 5.51. The van der Waals surface area contributed by atoms with E-state index in [1.165, 1.54) is 0 Å². The Morgan fingerprint density at radius 2 is 2.00 bits per heavy atom. The second-order valence-electron chi connectivity index (χ2n) is 4.34. The molecule has 0 bridgehead atoms. The lowest BCUT2D eigenvalue weighted by Gasteiger charge is -2.55. The average Bonchev–Trinajstić information content (AvgIpc) is 2.67. The molecule has 0 N–H and O–H groups in total. The van der Waals surface area contributed by atoms with Crippen LogP contribution in [0.2, 0.25) is 0 Å². The van der Waals surface area contributed by atoms with Crippen LogP contribution < -0.4 is 0 Å². The molecule has 11 heavy (non-hydrogen) atoms. The summed E-state index contributed by atoms with van der Waals surface area (Å²) in [6.07, 6.45) is 0.380. The quantitative estimate of drug-likeness (QED) is 0.536. The van der Waals surface area contributed by atoms with Crippen LogP contribution in [-0.4, -0.2) is 25.4 Å². The number of methoxy groups -OCH3 is 1. The molecule has 0 aromatic heterocycles. The van der Waals surface area contributed by atoms with Crippen LogP contribution in [0.1, 0.15) is 20.8 Å². The fourth-order valence-electron chi connectivity index (χ4n) is 2.81. The second kappa shape index (κ2) is 1.80. The van der Waals surface area contributed by atoms with E-state index in [9.17, 15) is 0 Å². The van der Waals surface area contributed by atoms with E-state index in [-0.39, 0.29) is 11.0 Å². The molecule has 2 fully saturated rings. The van der Waals surface area contributed by atoms with E-state index in [1.54, 1.807) is 7.11 Å². The molecule has 64 valence electrons. The Labute approximate surface area is 67.9 Å². The van der Waals surface area contributed by atoms with Crippen LogP contribution in [0.4, 0.5) is 0 Å². The molecule has 0 amide bonds. The number of hydrogen-bond acceptors (Lipinski definition) is 2. The Balaban J connectivity index is 2.19. The molecule has 0 radical (unpaired) electrons. The molecular weight excluding hydrogens is 140 g/mol. The smallest absolute Gasteiger partial charge is 0.104 e. The van der Waals surface area contributed by atoms with E-state index in [0.717, 1.165) is 6.61 Å². The summed E-state index contributed by atoms with van der Waals surface area (Å²) in [7, 11) is 1.79. The van der Waals surface area contributed by atoms with Gasteiger partial charge in [0.1, 0.15) is 5.60 Å². The Kier molecular flexibility index (Phi) is 1.24. The predicted octanol–water partition coefficient (Wildman–Crippen LogP) is 1.45. The summed E-state index contributed by atoms with van der Waals surface area (Å²) in [5.74, 6) is 0.572. The summed E-state index contributed by atoms with van der Waals surface area (Å²) >= 11 is 0. The standard InChI is InChI=1S/C9H16O2/c1-6-7(10-4)8(2,3)9(6)5-11-9/h6-7H,5H2,1-4H3. The summed E-state index contributed by atoms with van der Waals surface area (Å²) in [4.78, 5) is 0. The van der Waals surface area contributed by atoms with Crippen molar-refractivity contribution in [3.05, 3.63) is 0 Å². The molecule has 1 aliphatic carbocycles. The maximum Gasteiger partial charge on any atom is 0.104 e. The molecule has 1 saturated heterocycles. The van der Waals surface area contributed by atoms with Crippen LogP contribution in [-0.2, 0) is 9.47 Å². The van der Waals surface area contributed by atoms with Gasteiger partial charge in [0.15, 0.2) is 0 Å². The van der Waals surface area contributed by atoms with Gasteiger partial charge in [-0.15, -0.1) is 0 Å². The Hall–Kier alpha value is -0.0800. The zero-order valence-corrected chi connectivity index (χ0v) is 7.68. The molecule has 1 aliphatic heterocycles. The molecule has 2 heteroatoms. The first-order valence-electron chi connectivity index (χ1n) is 4.23. The third-order valence-corrected chi connectivity index (χ3v) is 3.70. The van der Waals surface area contributed by atoms with Crippen molar-refractivity contribution in [2.45, 2.75) is 32.5 Å². The van der Waals surface area contributed by atoms with E-state index in [4.69, 9.17) is 9.47 Å². The zero-order chi connectivity index (χ0) is 8.28. The molecule has 3 atom stereocenters. The summed E-state index contributed by atoms with van der Waals surface area (Å²) in [5, 5.41) is 0. The topological polar surface area (TPSA) is 21.8 Å². The van der Waals surface area contributed by atoms with Gasteiger partial charge in [-0.05, 0) is 0 Å². The number of ether oxygens (including phenoxy) is 2. The SMILES string of the molecule is COC1C(C)C2(CO2)C1(C)C. The summed E-state index contributed by atoms with van der Waals surface area (Å²) in [5.41, 5.74) is 0.398. The first kappa shape index (κ1) is 7.56. The van der Waals surface area contributed by atoms with Gasteiger partial charge in [0.25, 0.3) is 0 Å². The van der Waals surface area contributed by atoms with E-state index in [1.807, 2.05) is 0 Å². The Bertz CT molecular complexity index is 182. The molecular formula is C9H16O2. The lowest BCUT2D eigenvalue weighted by Crippen LogP contribution is -2.64. The summed E-state index contributed by atoms with van der Waals surface area (Å²) in [6, 6.07) is 0. The number of rotatable bonds is 1. The first-order valence-corrected chi connectivity index (χ1v) is 4.23. The van der Waals surface area contributed by atoms with E-state index >= 15 is 0 Å². The molecule has 0 aromatic rings. The second-order valence-corrected chi connectivity index (χ2v) is 4.34. The fourth-order valence-corrected chi connectivity index (χ4v) is 2.81. The predicted molar refractivity (Wildman–Crippen MR) is 42.4 cm³/mol. The molecule has 3 unspecified atom stereocenters. The van der Waals surface area contributed by atoms with Gasteiger partial charge < -0.3 is 9.47 Å². The van der Waals surface area contributed by atoms with Crippen LogP contribution >= 0.6 is 0 Å². The molecule has 1 heterocycles. The van der Waals surface area contributed by atoms with Crippen molar-refractivity contribution >= 4 is 0 Å². The van der Waals surface area contributed by atoms with Crippen LogP contribution in [0, 0.1) is 11.3 Å². The molecule has 0 aromatic carbocycles. The van der Waals surface area contributed by atoms with Gasteiger partial charge >= 0.3 is 0 Å². The van der Waals surface area contributed by atoms with Gasteiger partial charge in [0.2, 0.25) is 0 Å². The lowest BCUT2D eigenvalue weighted by atomic mass is 9.53. The zero-order valence-electron chi connectivity index (χ0n) is 7.68. The van der Waals surface area contributed by atoms with Gasteiger partial charge in [-0.25, -0.2) is 0 Å². The van der Waals surface area contributed by atoms with Crippen molar-refractivity contribution in [3.8, 4) is 0 Å². The highest BCUT2D eigenvalue weighted by Crippen LogP contribution is 2.63. The number of hydrogen-bond donors (Lipinski definition) is 0. The van der Waals surface area contributed by atoms with Gasteiger partial charge in [-0.3, -0.25) is 0 Å². The molecule has 2 aliphatic rings. The largest absolute Gasteiger partial charge is 0.380 e. The molecule has 2 nitrogen and oxygen atoms in total. The fraction of sp³-hybridized carbons (Fsp3) is 1.00. The lowest BCUT2D eigenvalue weighted by molar-refractivity contribution is -0.181. The van der Waals surface area contributed by atoms with E-state index in [0.29, 0.717) is 12.0 Å². The van der Waals surface area contributed by atoms with Crippen LogP contribution in [0.3, 0.4) is 0 Å². The van der Waals surface area contributed by atoms with Crippen molar-refractivity contribution in [1.82, 2.24) is 0 Å². The van der Waals surface area contributed by atoms with Crippen molar-refractivity contribution in [3.63, 3.8) is 0 Å². The van der Waals surface area contributed by atoms with E-state index < -0.39 is 0 Å². The summed E-state index contributed by atoms with van der Waals surface area (Å²) < 4.78 is 10.9. The monoisotopic (exact) mass is 156 g/mol. The van der Waals surface area contributed by atoms with Gasteiger partial charge in [0.05, 0.1) is 12.7 Å². The van der Waals surface area contributed by atoms with Crippen LogP contribution in [0.25, 0.3) is 0 Å². The average molecular weight is 156 g/mol. The minimum atomic E-state index is 0.174. The molecule has 2 rings (SSSR count). The normalized spacial score (nSPS) is 52.4. The van der Waals surface area contributed by atoms with Gasteiger partial charge in [0, 0.05) is 18.4 Å². The number of epoxide rings is 1. The van der Waals surface area contributed by atoms with Crippen LogP contribution in [0.5, 0.6) is 0 Å². The van der Waals surface area contributed by atoms with Crippen LogP contribution in [0.15, 0.2) is 0 Å². The maximum absolute atomic E-state index is 5.51. The minimum absolute atomic E-state index is 0.174. The third kappa shape index (κ3) is 0.611. The van der Waals surface area contributed by atoms with Crippen molar-refractivity contribution in [2.24, 2.45) is 11.3 Å². The molecule has 1 saturated carbocycles. The highest BCUT2D eigenvalue weighted by Gasteiger charge is 2.74. The highest BCUT2D eigenvalue weighted by molar-refractivity contribution is 5.21. The van der Waals surface area contributed by atoms with Crippen molar-refractivity contribution < 1.29 is 9.47 Å². The highest BCUT2D eigenvalue weighted by atomic mass is 16.6. The van der Waals surface area contributed by atoms with Gasteiger partial charge in [-0.1, -0.05) is 20.8 Å². The van der Waals surface area contributed by atoms with Crippen molar-refractivity contribution in [2.75, 3.05) is 13.7 Å². The minimum Gasteiger partial charge on any atom is -0.380 e. The molecule has 1 spiro atoms. The first-order chi connectivity index (χ1) is 5.06. The Morgan fingerprint density at radius 1 is 1.45 bits per heavy atom.